The summed E-state index contributed by atoms with van der Waals surface area (Å²) >= 11 is 0. The van der Waals surface area contributed by atoms with Crippen LogP contribution in [0.3, 0.4) is 0 Å². The van der Waals surface area contributed by atoms with Gasteiger partial charge in [0.15, 0.2) is 0 Å². The Morgan fingerprint density at radius 2 is 1.91 bits per heavy atom. The summed E-state index contributed by atoms with van der Waals surface area (Å²) in [6.07, 6.45) is 1.66. The summed E-state index contributed by atoms with van der Waals surface area (Å²) in [5.41, 5.74) is 8.39. The highest BCUT2D eigenvalue weighted by Gasteiger charge is 2.36. The van der Waals surface area contributed by atoms with Crippen molar-refractivity contribution in [3.8, 4) is 0 Å². The molecule has 1 aliphatic rings. The third-order valence-corrected chi connectivity index (χ3v) is 4.57. The molecule has 0 radical (unpaired) electrons. The van der Waals surface area contributed by atoms with Crippen molar-refractivity contribution >= 4 is 6.09 Å². The van der Waals surface area contributed by atoms with Crippen LogP contribution < -0.4 is 5.73 Å². The molecule has 128 valence electrons. The number of hydrogen-bond donors (Lipinski definition) is 1. The predicted octanol–water partition coefficient (Wildman–Crippen LogP) is 3.69. The quantitative estimate of drug-likeness (QED) is 0.905. The lowest BCUT2D eigenvalue weighted by Crippen LogP contribution is -2.55. The average Bonchev–Trinajstić information content (AvgIpc) is 2.48. The first-order valence-corrected chi connectivity index (χ1v) is 8.55. The van der Waals surface area contributed by atoms with Gasteiger partial charge in [-0.25, -0.2) is 4.79 Å². The summed E-state index contributed by atoms with van der Waals surface area (Å²) in [6.45, 7) is 10.5. The third kappa shape index (κ3) is 4.47. The zero-order valence-corrected chi connectivity index (χ0v) is 15.0. The van der Waals surface area contributed by atoms with E-state index in [2.05, 4.69) is 31.2 Å². The number of hydrogen-bond acceptors (Lipinski definition) is 3. The monoisotopic (exact) mass is 318 g/mol. The molecule has 23 heavy (non-hydrogen) atoms. The highest BCUT2D eigenvalue weighted by Crippen LogP contribution is 2.30. The molecule has 1 aromatic carbocycles. The van der Waals surface area contributed by atoms with Gasteiger partial charge in [-0.2, -0.15) is 0 Å². The zero-order chi connectivity index (χ0) is 17.2. The highest BCUT2D eigenvalue weighted by molar-refractivity contribution is 5.69. The SMILES string of the molecule is CCc1ccc(C2CC(N)C(C)N(C(=O)OC(C)(C)C)C2)cc1. The molecule has 1 aromatic rings. The molecular formula is C19H30N2O2. The number of likely N-dealkylation sites (tertiary alicyclic amines) is 1. The Balaban J connectivity index is 2.15. The molecular weight excluding hydrogens is 288 g/mol. The first-order chi connectivity index (χ1) is 10.7. The normalized spacial score (nSPS) is 25.3. The molecule has 0 spiro atoms. The molecule has 1 fully saturated rings. The van der Waals surface area contributed by atoms with E-state index >= 15 is 0 Å². The molecule has 0 aliphatic carbocycles. The van der Waals surface area contributed by atoms with E-state index in [1.807, 2.05) is 27.7 Å². The van der Waals surface area contributed by atoms with Gasteiger partial charge in [-0.1, -0.05) is 31.2 Å². The van der Waals surface area contributed by atoms with E-state index in [-0.39, 0.29) is 24.1 Å². The topological polar surface area (TPSA) is 55.6 Å². The number of amides is 1. The average molecular weight is 318 g/mol. The minimum Gasteiger partial charge on any atom is -0.444 e. The Bertz CT molecular complexity index is 533. The number of rotatable bonds is 2. The summed E-state index contributed by atoms with van der Waals surface area (Å²) in [6, 6.07) is 8.62. The molecule has 0 bridgehead atoms. The van der Waals surface area contributed by atoms with Crippen molar-refractivity contribution in [2.24, 2.45) is 5.73 Å². The van der Waals surface area contributed by atoms with Crippen LogP contribution in [0.5, 0.6) is 0 Å². The molecule has 4 nitrogen and oxygen atoms in total. The van der Waals surface area contributed by atoms with Gasteiger partial charge in [0.25, 0.3) is 0 Å². The van der Waals surface area contributed by atoms with Crippen LogP contribution in [0, 0.1) is 0 Å². The van der Waals surface area contributed by atoms with Crippen molar-refractivity contribution in [2.75, 3.05) is 6.54 Å². The van der Waals surface area contributed by atoms with E-state index in [1.165, 1.54) is 11.1 Å². The van der Waals surface area contributed by atoms with Gasteiger partial charge < -0.3 is 15.4 Å². The van der Waals surface area contributed by atoms with E-state index in [1.54, 1.807) is 4.90 Å². The number of carbonyl (C=O) groups is 1. The van der Waals surface area contributed by atoms with Gasteiger partial charge >= 0.3 is 6.09 Å². The van der Waals surface area contributed by atoms with Crippen LogP contribution >= 0.6 is 0 Å². The van der Waals surface area contributed by atoms with Crippen molar-refractivity contribution in [1.29, 1.82) is 0 Å². The standard InChI is InChI=1S/C19H30N2O2/c1-6-14-7-9-15(10-8-14)16-11-17(20)13(2)21(12-16)18(22)23-19(3,4)5/h7-10,13,16-17H,6,11-12,20H2,1-5H3. The number of piperidine rings is 1. The Morgan fingerprint density at radius 1 is 1.30 bits per heavy atom. The molecule has 2 N–H and O–H groups in total. The first-order valence-electron chi connectivity index (χ1n) is 8.55. The number of benzene rings is 1. The zero-order valence-electron chi connectivity index (χ0n) is 15.0. The molecule has 0 saturated carbocycles. The fourth-order valence-corrected chi connectivity index (χ4v) is 3.06. The van der Waals surface area contributed by atoms with Crippen LogP contribution in [-0.2, 0) is 11.2 Å². The van der Waals surface area contributed by atoms with Crippen LogP contribution in [0.2, 0.25) is 0 Å². The minimum atomic E-state index is -0.489. The van der Waals surface area contributed by atoms with Crippen molar-refractivity contribution in [3.05, 3.63) is 35.4 Å². The molecule has 3 unspecified atom stereocenters. The maximum Gasteiger partial charge on any atom is 0.410 e. The first kappa shape index (κ1) is 17.8. The summed E-state index contributed by atoms with van der Waals surface area (Å²) in [7, 11) is 0. The van der Waals surface area contributed by atoms with Crippen LogP contribution in [-0.4, -0.2) is 35.2 Å². The maximum atomic E-state index is 12.5. The number of nitrogens with zero attached hydrogens (tertiary/aromatic N) is 1. The fourth-order valence-electron chi connectivity index (χ4n) is 3.06. The lowest BCUT2D eigenvalue weighted by molar-refractivity contribution is 0.00666. The summed E-state index contributed by atoms with van der Waals surface area (Å²) in [5.74, 6) is 0.264. The number of carbonyl (C=O) groups excluding carboxylic acids is 1. The minimum absolute atomic E-state index is 0.00369. The van der Waals surface area contributed by atoms with Crippen LogP contribution in [0.1, 0.15) is 58.1 Å². The van der Waals surface area contributed by atoms with Gasteiger partial charge in [0.05, 0.1) is 0 Å². The Kier molecular flexibility index (Phi) is 5.35. The lowest BCUT2D eigenvalue weighted by Gasteiger charge is -2.42. The second kappa shape index (κ2) is 6.91. The second-order valence-electron chi connectivity index (χ2n) is 7.56. The van der Waals surface area contributed by atoms with Crippen molar-refractivity contribution < 1.29 is 9.53 Å². The van der Waals surface area contributed by atoms with E-state index in [0.717, 1.165) is 12.8 Å². The largest absolute Gasteiger partial charge is 0.444 e. The lowest BCUT2D eigenvalue weighted by atomic mass is 9.85. The van der Waals surface area contributed by atoms with Crippen molar-refractivity contribution in [3.63, 3.8) is 0 Å². The second-order valence-corrected chi connectivity index (χ2v) is 7.56. The Hall–Kier alpha value is -1.55. The number of ether oxygens (including phenoxy) is 1. The Morgan fingerprint density at radius 3 is 2.43 bits per heavy atom. The number of aryl methyl sites for hydroxylation is 1. The van der Waals surface area contributed by atoms with E-state index in [9.17, 15) is 4.79 Å². The predicted molar refractivity (Wildman–Crippen MR) is 93.6 cm³/mol. The van der Waals surface area contributed by atoms with Crippen molar-refractivity contribution in [1.82, 2.24) is 4.90 Å². The maximum absolute atomic E-state index is 12.5. The molecule has 1 aliphatic heterocycles. The van der Waals surface area contributed by atoms with Gasteiger partial charge in [0, 0.05) is 24.5 Å². The van der Waals surface area contributed by atoms with Gasteiger partial charge in [0.2, 0.25) is 0 Å². The summed E-state index contributed by atoms with van der Waals surface area (Å²) < 4.78 is 5.55. The van der Waals surface area contributed by atoms with E-state index < -0.39 is 5.60 Å². The third-order valence-electron chi connectivity index (χ3n) is 4.57. The van der Waals surface area contributed by atoms with Crippen LogP contribution in [0.4, 0.5) is 4.79 Å². The molecule has 1 saturated heterocycles. The van der Waals surface area contributed by atoms with Gasteiger partial charge in [-0.15, -0.1) is 0 Å². The summed E-state index contributed by atoms with van der Waals surface area (Å²) in [4.78, 5) is 14.3. The summed E-state index contributed by atoms with van der Waals surface area (Å²) in [5, 5.41) is 0. The molecule has 3 atom stereocenters. The molecule has 1 heterocycles. The van der Waals surface area contributed by atoms with Crippen molar-refractivity contribution in [2.45, 2.75) is 71.1 Å². The molecule has 1 amide bonds. The van der Waals surface area contributed by atoms with Gasteiger partial charge in [-0.3, -0.25) is 0 Å². The van der Waals surface area contributed by atoms with Gasteiger partial charge in [0.1, 0.15) is 5.60 Å². The van der Waals surface area contributed by atoms with Crippen LogP contribution in [0.25, 0.3) is 0 Å². The van der Waals surface area contributed by atoms with E-state index in [0.29, 0.717) is 6.54 Å². The molecule has 4 heteroatoms. The highest BCUT2D eigenvalue weighted by atomic mass is 16.6. The van der Waals surface area contributed by atoms with Crippen LogP contribution in [0.15, 0.2) is 24.3 Å². The number of nitrogens with two attached hydrogens (primary N) is 1. The van der Waals surface area contributed by atoms with E-state index in [4.69, 9.17) is 10.5 Å². The fraction of sp³-hybridized carbons (Fsp3) is 0.632. The molecule has 0 aromatic heterocycles. The Labute approximate surface area is 140 Å². The molecule has 2 rings (SSSR count). The smallest absolute Gasteiger partial charge is 0.410 e. The van der Waals surface area contributed by atoms with Gasteiger partial charge in [-0.05, 0) is 51.7 Å².